The zero-order chi connectivity index (χ0) is 13.2. The molecule has 1 aromatic carbocycles. The van der Waals surface area contributed by atoms with Gasteiger partial charge in [0.1, 0.15) is 0 Å². The number of carbonyl (C=O) groups excluding carboxylic acids is 1. The van der Waals surface area contributed by atoms with Crippen molar-refractivity contribution in [3.8, 4) is 0 Å². The average molecular weight is 258 g/mol. The quantitative estimate of drug-likeness (QED) is 0.875. The van der Waals surface area contributed by atoms with Gasteiger partial charge in [-0.2, -0.15) is 0 Å². The second-order valence-corrected chi connectivity index (χ2v) is 5.93. The molecule has 3 rings (SSSR count). The van der Waals surface area contributed by atoms with Crippen LogP contribution >= 0.6 is 0 Å². The molecule has 2 aliphatic rings. The van der Waals surface area contributed by atoms with E-state index in [9.17, 15) is 4.79 Å². The maximum atomic E-state index is 12.3. The van der Waals surface area contributed by atoms with Crippen LogP contribution in [0.25, 0.3) is 0 Å². The zero-order valence-electron chi connectivity index (χ0n) is 11.5. The maximum Gasteiger partial charge on any atom is 0.229 e. The van der Waals surface area contributed by atoms with E-state index in [1.54, 1.807) is 0 Å². The molecular formula is C16H22N2O. The van der Waals surface area contributed by atoms with Crippen molar-refractivity contribution in [2.45, 2.75) is 32.1 Å². The van der Waals surface area contributed by atoms with Gasteiger partial charge >= 0.3 is 0 Å². The lowest BCUT2D eigenvalue weighted by atomic mass is 9.97. The largest absolute Gasteiger partial charge is 0.384 e. The van der Waals surface area contributed by atoms with Gasteiger partial charge in [0.05, 0.1) is 5.92 Å². The second kappa shape index (κ2) is 5.24. The molecule has 3 nitrogen and oxygen atoms in total. The lowest BCUT2D eigenvalue weighted by Gasteiger charge is -2.18. The summed E-state index contributed by atoms with van der Waals surface area (Å²) >= 11 is 0. The summed E-state index contributed by atoms with van der Waals surface area (Å²) in [6.45, 7) is 3.88. The highest BCUT2D eigenvalue weighted by atomic mass is 16.1. The average Bonchev–Trinajstić information content (AvgIpc) is 3.02. The number of anilines is 1. The summed E-state index contributed by atoms with van der Waals surface area (Å²) in [5.41, 5.74) is 2.25. The minimum Gasteiger partial charge on any atom is -0.384 e. The summed E-state index contributed by atoms with van der Waals surface area (Å²) in [5.74, 6) is 1.59. The van der Waals surface area contributed by atoms with Gasteiger partial charge in [0.25, 0.3) is 0 Å². The number of rotatable bonds is 3. The molecule has 1 amide bonds. The van der Waals surface area contributed by atoms with Crippen molar-refractivity contribution in [3.05, 3.63) is 29.8 Å². The van der Waals surface area contributed by atoms with E-state index in [4.69, 9.17) is 0 Å². The molecule has 2 N–H and O–H groups in total. The van der Waals surface area contributed by atoms with E-state index in [1.807, 2.05) is 18.2 Å². The van der Waals surface area contributed by atoms with E-state index in [-0.39, 0.29) is 11.8 Å². The van der Waals surface area contributed by atoms with Crippen LogP contribution in [0.15, 0.2) is 24.3 Å². The number of benzene rings is 1. The standard InChI is InChI=1S/C16H22N2O/c1-11-5-4-6-12(11)9-18-16(19)14-10-17-15-8-3-2-7-13(14)15/h2-3,7-8,11-12,14,17H,4-6,9-10H2,1H3,(H,18,19). The van der Waals surface area contributed by atoms with E-state index in [2.05, 4.69) is 23.6 Å². The van der Waals surface area contributed by atoms with Crippen LogP contribution < -0.4 is 10.6 Å². The Morgan fingerprint density at radius 2 is 2.21 bits per heavy atom. The van der Waals surface area contributed by atoms with E-state index in [0.717, 1.165) is 30.3 Å². The van der Waals surface area contributed by atoms with Crippen molar-refractivity contribution < 1.29 is 4.79 Å². The number of fused-ring (bicyclic) bond motifs is 1. The first-order valence-electron chi connectivity index (χ1n) is 7.36. The van der Waals surface area contributed by atoms with Crippen LogP contribution in [0.4, 0.5) is 5.69 Å². The summed E-state index contributed by atoms with van der Waals surface area (Å²) in [4.78, 5) is 12.3. The SMILES string of the molecule is CC1CCCC1CNC(=O)C1CNc2ccccc21. The lowest BCUT2D eigenvalue weighted by Crippen LogP contribution is -2.34. The van der Waals surface area contributed by atoms with Crippen molar-refractivity contribution in [2.24, 2.45) is 11.8 Å². The highest BCUT2D eigenvalue weighted by molar-refractivity contribution is 5.88. The first-order valence-corrected chi connectivity index (χ1v) is 7.36. The van der Waals surface area contributed by atoms with Crippen molar-refractivity contribution in [3.63, 3.8) is 0 Å². The van der Waals surface area contributed by atoms with Gasteiger partial charge in [0.2, 0.25) is 5.91 Å². The first kappa shape index (κ1) is 12.5. The Balaban J connectivity index is 1.60. The molecule has 102 valence electrons. The summed E-state index contributed by atoms with van der Waals surface area (Å²) in [6.07, 6.45) is 3.89. The van der Waals surface area contributed by atoms with Gasteiger partial charge in [0.15, 0.2) is 0 Å². The highest BCUT2D eigenvalue weighted by Crippen LogP contribution is 2.32. The molecule has 0 spiro atoms. The molecular weight excluding hydrogens is 236 g/mol. The zero-order valence-corrected chi connectivity index (χ0v) is 11.5. The Kier molecular flexibility index (Phi) is 3.45. The maximum absolute atomic E-state index is 12.3. The smallest absolute Gasteiger partial charge is 0.229 e. The van der Waals surface area contributed by atoms with Crippen LogP contribution in [0.3, 0.4) is 0 Å². The molecule has 0 saturated heterocycles. The third kappa shape index (κ3) is 2.46. The summed E-state index contributed by atoms with van der Waals surface area (Å²) < 4.78 is 0. The molecule has 1 fully saturated rings. The Morgan fingerprint density at radius 3 is 3.00 bits per heavy atom. The first-order chi connectivity index (χ1) is 9.25. The van der Waals surface area contributed by atoms with Crippen LogP contribution in [-0.2, 0) is 4.79 Å². The Bertz CT molecular complexity index is 472. The van der Waals surface area contributed by atoms with Gasteiger partial charge in [-0.3, -0.25) is 4.79 Å². The third-order valence-electron chi connectivity index (χ3n) is 4.73. The monoisotopic (exact) mass is 258 g/mol. The minimum atomic E-state index is -0.0205. The molecule has 1 heterocycles. The normalized spacial score (nSPS) is 28.8. The van der Waals surface area contributed by atoms with Crippen LogP contribution in [0.2, 0.25) is 0 Å². The summed E-state index contributed by atoms with van der Waals surface area (Å²) in [5, 5.41) is 6.47. The van der Waals surface area contributed by atoms with E-state index in [1.165, 1.54) is 19.3 Å². The third-order valence-corrected chi connectivity index (χ3v) is 4.73. The fourth-order valence-corrected chi connectivity index (χ4v) is 3.40. The van der Waals surface area contributed by atoms with E-state index < -0.39 is 0 Å². The minimum absolute atomic E-state index is 0.0205. The molecule has 3 unspecified atom stereocenters. The summed E-state index contributed by atoms with van der Waals surface area (Å²) in [7, 11) is 0. The topological polar surface area (TPSA) is 41.1 Å². The van der Waals surface area contributed by atoms with Gasteiger partial charge in [-0.1, -0.05) is 38.0 Å². The fourth-order valence-electron chi connectivity index (χ4n) is 3.40. The van der Waals surface area contributed by atoms with Gasteiger partial charge in [-0.15, -0.1) is 0 Å². The van der Waals surface area contributed by atoms with Crippen molar-refractivity contribution >= 4 is 11.6 Å². The highest BCUT2D eigenvalue weighted by Gasteiger charge is 2.29. The van der Waals surface area contributed by atoms with Crippen LogP contribution in [0, 0.1) is 11.8 Å². The second-order valence-electron chi connectivity index (χ2n) is 5.93. The molecule has 1 aliphatic heterocycles. The van der Waals surface area contributed by atoms with E-state index in [0.29, 0.717) is 5.92 Å². The molecule has 1 saturated carbocycles. The van der Waals surface area contributed by atoms with Gasteiger partial charge in [-0.25, -0.2) is 0 Å². The number of hydrogen-bond acceptors (Lipinski definition) is 2. The van der Waals surface area contributed by atoms with Crippen LogP contribution in [-0.4, -0.2) is 19.0 Å². The predicted octanol–water partition coefficient (Wildman–Crippen LogP) is 2.75. The van der Waals surface area contributed by atoms with E-state index >= 15 is 0 Å². The predicted molar refractivity (Wildman–Crippen MR) is 77.2 cm³/mol. The number of hydrogen-bond donors (Lipinski definition) is 2. The van der Waals surface area contributed by atoms with Crippen LogP contribution in [0.5, 0.6) is 0 Å². The molecule has 3 heteroatoms. The summed E-state index contributed by atoms with van der Waals surface area (Å²) in [6, 6.07) is 8.11. The van der Waals surface area contributed by atoms with Gasteiger partial charge in [0, 0.05) is 18.8 Å². The number of nitrogens with one attached hydrogen (secondary N) is 2. The lowest BCUT2D eigenvalue weighted by molar-refractivity contribution is -0.122. The van der Waals surface area contributed by atoms with Crippen molar-refractivity contribution in [1.82, 2.24) is 5.32 Å². The van der Waals surface area contributed by atoms with Crippen molar-refractivity contribution in [1.29, 1.82) is 0 Å². The Hall–Kier alpha value is -1.51. The number of para-hydroxylation sites is 1. The van der Waals surface area contributed by atoms with Crippen molar-refractivity contribution in [2.75, 3.05) is 18.4 Å². The molecule has 19 heavy (non-hydrogen) atoms. The molecule has 0 bridgehead atoms. The fraction of sp³-hybridized carbons (Fsp3) is 0.562. The number of amides is 1. The molecule has 1 aliphatic carbocycles. The Morgan fingerprint density at radius 1 is 1.37 bits per heavy atom. The molecule has 1 aromatic rings. The van der Waals surface area contributed by atoms with Gasteiger partial charge in [-0.05, 0) is 29.9 Å². The molecule has 3 atom stereocenters. The molecule has 0 radical (unpaired) electrons. The van der Waals surface area contributed by atoms with Gasteiger partial charge < -0.3 is 10.6 Å². The molecule has 0 aromatic heterocycles. The number of carbonyl (C=O) groups is 1. The Labute approximate surface area is 114 Å². The van der Waals surface area contributed by atoms with Crippen LogP contribution in [0.1, 0.15) is 37.7 Å².